The molecule has 2 aliphatic rings. The first-order valence-electron chi connectivity index (χ1n) is 7.23. The summed E-state index contributed by atoms with van der Waals surface area (Å²) in [6.45, 7) is 0.976. The highest BCUT2D eigenvalue weighted by Gasteiger charge is 2.22. The second-order valence-corrected chi connectivity index (χ2v) is 5.63. The van der Waals surface area contributed by atoms with Crippen molar-refractivity contribution in [2.45, 2.75) is 76.4 Å². The Morgan fingerprint density at radius 2 is 1.75 bits per heavy atom. The van der Waals surface area contributed by atoms with Crippen LogP contribution in [0.1, 0.15) is 64.2 Å². The zero-order chi connectivity index (χ0) is 11.2. The molecule has 0 bridgehead atoms. The van der Waals surface area contributed by atoms with E-state index < -0.39 is 0 Å². The highest BCUT2D eigenvalue weighted by molar-refractivity contribution is 4.78. The van der Waals surface area contributed by atoms with Crippen LogP contribution in [-0.2, 0) is 4.74 Å². The van der Waals surface area contributed by atoms with Gasteiger partial charge in [-0.05, 0) is 50.9 Å². The molecule has 16 heavy (non-hydrogen) atoms. The van der Waals surface area contributed by atoms with E-state index in [1.165, 1.54) is 64.2 Å². The molecule has 0 spiro atoms. The van der Waals surface area contributed by atoms with Gasteiger partial charge in [-0.2, -0.15) is 0 Å². The molecule has 2 rings (SSSR count). The molecule has 0 aromatic rings. The number of hydrogen-bond donors (Lipinski definition) is 1. The molecule has 94 valence electrons. The van der Waals surface area contributed by atoms with Crippen molar-refractivity contribution in [1.82, 2.24) is 0 Å². The van der Waals surface area contributed by atoms with Crippen LogP contribution in [0.15, 0.2) is 0 Å². The first-order valence-corrected chi connectivity index (χ1v) is 7.23. The minimum Gasteiger partial charge on any atom is -0.378 e. The zero-order valence-corrected chi connectivity index (χ0v) is 10.5. The van der Waals surface area contributed by atoms with Gasteiger partial charge in [-0.3, -0.25) is 0 Å². The Hall–Kier alpha value is -0.0800. The van der Waals surface area contributed by atoms with E-state index in [0.29, 0.717) is 12.1 Å². The molecule has 0 radical (unpaired) electrons. The Bertz CT molecular complexity index is 183. The van der Waals surface area contributed by atoms with Gasteiger partial charge in [0.15, 0.2) is 0 Å². The van der Waals surface area contributed by atoms with E-state index in [9.17, 15) is 0 Å². The maximum Gasteiger partial charge on any atom is 0.0575 e. The Labute approximate surface area is 99.9 Å². The molecule has 1 saturated carbocycles. The number of nitrogens with two attached hydrogens (primary N) is 1. The second-order valence-electron chi connectivity index (χ2n) is 5.63. The van der Waals surface area contributed by atoms with E-state index in [2.05, 4.69) is 0 Å². The van der Waals surface area contributed by atoms with E-state index in [0.717, 1.165) is 12.5 Å². The first kappa shape index (κ1) is 12.4. The lowest BCUT2D eigenvalue weighted by molar-refractivity contribution is 0.00793. The summed E-state index contributed by atoms with van der Waals surface area (Å²) < 4.78 is 5.76. The molecule has 2 atom stereocenters. The van der Waals surface area contributed by atoms with Crippen LogP contribution in [0.2, 0.25) is 0 Å². The molecule has 1 aliphatic heterocycles. The maximum atomic E-state index is 6.31. The maximum absolute atomic E-state index is 6.31. The molecule has 2 heteroatoms. The monoisotopic (exact) mass is 225 g/mol. The fourth-order valence-electron chi connectivity index (χ4n) is 3.21. The van der Waals surface area contributed by atoms with Crippen molar-refractivity contribution in [3.63, 3.8) is 0 Å². The highest BCUT2D eigenvalue weighted by atomic mass is 16.5. The molecule has 2 nitrogen and oxygen atoms in total. The van der Waals surface area contributed by atoms with Gasteiger partial charge in [0.25, 0.3) is 0 Å². The summed E-state index contributed by atoms with van der Waals surface area (Å²) >= 11 is 0. The second kappa shape index (κ2) is 6.61. The molecular formula is C14H27NO. The Morgan fingerprint density at radius 1 is 1.00 bits per heavy atom. The third-order valence-corrected chi connectivity index (χ3v) is 4.35. The SMILES string of the molecule is NC(CCC1CCCCO1)C1CCCCC1. The summed E-state index contributed by atoms with van der Waals surface area (Å²) in [4.78, 5) is 0. The van der Waals surface area contributed by atoms with Crippen LogP contribution in [0.5, 0.6) is 0 Å². The van der Waals surface area contributed by atoms with Gasteiger partial charge in [0.2, 0.25) is 0 Å². The highest BCUT2D eigenvalue weighted by Crippen LogP contribution is 2.28. The van der Waals surface area contributed by atoms with E-state index in [1.807, 2.05) is 0 Å². The van der Waals surface area contributed by atoms with Crippen LogP contribution >= 0.6 is 0 Å². The Morgan fingerprint density at radius 3 is 2.44 bits per heavy atom. The smallest absolute Gasteiger partial charge is 0.0575 e. The lowest BCUT2D eigenvalue weighted by Crippen LogP contribution is -2.33. The summed E-state index contributed by atoms with van der Waals surface area (Å²) in [5, 5.41) is 0. The summed E-state index contributed by atoms with van der Waals surface area (Å²) in [6, 6.07) is 0.436. The van der Waals surface area contributed by atoms with Crippen LogP contribution in [0, 0.1) is 5.92 Å². The summed E-state index contributed by atoms with van der Waals surface area (Å²) in [7, 11) is 0. The van der Waals surface area contributed by atoms with E-state index in [-0.39, 0.29) is 0 Å². The Kier molecular flexibility index (Phi) is 5.11. The van der Waals surface area contributed by atoms with Crippen LogP contribution in [-0.4, -0.2) is 18.8 Å². The molecular weight excluding hydrogens is 198 g/mol. The van der Waals surface area contributed by atoms with Crippen molar-refractivity contribution in [3.05, 3.63) is 0 Å². The summed E-state index contributed by atoms with van der Waals surface area (Å²) in [6.07, 6.45) is 13.7. The van der Waals surface area contributed by atoms with Crippen molar-refractivity contribution in [3.8, 4) is 0 Å². The Balaban J connectivity index is 1.63. The third kappa shape index (κ3) is 3.74. The predicted molar refractivity (Wildman–Crippen MR) is 67.4 cm³/mol. The van der Waals surface area contributed by atoms with E-state index >= 15 is 0 Å². The van der Waals surface area contributed by atoms with Gasteiger partial charge in [-0.15, -0.1) is 0 Å². The lowest BCUT2D eigenvalue weighted by Gasteiger charge is -2.29. The first-order chi connectivity index (χ1) is 7.86. The van der Waals surface area contributed by atoms with Crippen molar-refractivity contribution in [2.75, 3.05) is 6.61 Å². The van der Waals surface area contributed by atoms with Crippen molar-refractivity contribution in [1.29, 1.82) is 0 Å². The quantitative estimate of drug-likeness (QED) is 0.797. The van der Waals surface area contributed by atoms with Crippen LogP contribution in [0.3, 0.4) is 0 Å². The minimum absolute atomic E-state index is 0.436. The third-order valence-electron chi connectivity index (χ3n) is 4.35. The molecule has 0 amide bonds. The van der Waals surface area contributed by atoms with E-state index in [4.69, 9.17) is 10.5 Å². The van der Waals surface area contributed by atoms with Gasteiger partial charge in [-0.25, -0.2) is 0 Å². The molecule has 2 fully saturated rings. The number of hydrogen-bond acceptors (Lipinski definition) is 2. The topological polar surface area (TPSA) is 35.2 Å². The van der Waals surface area contributed by atoms with Gasteiger partial charge in [-0.1, -0.05) is 19.3 Å². The number of rotatable bonds is 4. The summed E-state index contributed by atoms with van der Waals surface area (Å²) in [5.41, 5.74) is 6.31. The van der Waals surface area contributed by atoms with Gasteiger partial charge in [0.05, 0.1) is 6.10 Å². The van der Waals surface area contributed by atoms with Gasteiger partial charge in [0.1, 0.15) is 0 Å². The fourth-order valence-corrected chi connectivity index (χ4v) is 3.21. The molecule has 2 N–H and O–H groups in total. The molecule has 1 heterocycles. The lowest BCUT2D eigenvalue weighted by atomic mass is 9.82. The standard InChI is InChI=1S/C14H27NO/c15-14(12-6-2-1-3-7-12)10-9-13-8-4-5-11-16-13/h12-14H,1-11,15H2. The zero-order valence-electron chi connectivity index (χ0n) is 10.5. The van der Waals surface area contributed by atoms with Crippen LogP contribution in [0.25, 0.3) is 0 Å². The number of ether oxygens (including phenoxy) is 1. The van der Waals surface area contributed by atoms with Gasteiger partial charge in [0, 0.05) is 12.6 Å². The van der Waals surface area contributed by atoms with Crippen molar-refractivity contribution in [2.24, 2.45) is 11.7 Å². The largest absolute Gasteiger partial charge is 0.378 e. The van der Waals surface area contributed by atoms with E-state index in [1.54, 1.807) is 0 Å². The van der Waals surface area contributed by atoms with Crippen LogP contribution < -0.4 is 5.73 Å². The van der Waals surface area contributed by atoms with Crippen molar-refractivity contribution < 1.29 is 4.74 Å². The molecule has 1 saturated heterocycles. The molecule has 0 aromatic heterocycles. The predicted octanol–water partition coefficient (Wildman–Crippen LogP) is 3.24. The van der Waals surface area contributed by atoms with Crippen LogP contribution in [0.4, 0.5) is 0 Å². The van der Waals surface area contributed by atoms with Gasteiger partial charge >= 0.3 is 0 Å². The minimum atomic E-state index is 0.436. The molecule has 1 aliphatic carbocycles. The summed E-state index contributed by atoms with van der Waals surface area (Å²) in [5.74, 6) is 0.803. The average Bonchev–Trinajstić information content (AvgIpc) is 2.38. The average molecular weight is 225 g/mol. The normalized spacial score (nSPS) is 30.2. The van der Waals surface area contributed by atoms with Crippen molar-refractivity contribution >= 4 is 0 Å². The molecule has 0 aromatic carbocycles. The fraction of sp³-hybridized carbons (Fsp3) is 1.00. The molecule has 2 unspecified atom stereocenters. The van der Waals surface area contributed by atoms with Gasteiger partial charge < -0.3 is 10.5 Å².